The topological polar surface area (TPSA) is 94.2 Å². The molecule has 2 aromatic rings. The Morgan fingerprint density at radius 2 is 2.13 bits per heavy atom. The first-order valence-electron chi connectivity index (χ1n) is 7.04. The SMILES string of the molecule is Cn1cc(S(N)(=O)=O)cc1C(=O)N[C@@H]1CCc2cc(Cl)ccc21. The van der Waals surface area contributed by atoms with Gasteiger partial charge in [-0.05, 0) is 42.2 Å². The van der Waals surface area contributed by atoms with Crippen LogP contribution < -0.4 is 10.5 Å². The summed E-state index contributed by atoms with van der Waals surface area (Å²) in [6.45, 7) is 0. The van der Waals surface area contributed by atoms with Crippen LogP contribution in [0.15, 0.2) is 35.4 Å². The molecule has 0 saturated heterocycles. The monoisotopic (exact) mass is 353 g/mol. The molecular weight excluding hydrogens is 338 g/mol. The molecule has 6 nitrogen and oxygen atoms in total. The minimum absolute atomic E-state index is 0.0799. The fraction of sp³-hybridized carbons (Fsp3) is 0.267. The Morgan fingerprint density at radius 1 is 1.39 bits per heavy atom. The van der Waals surface area contributed by atoms with Crippen LogP contribution in [0.25, 0.3) is 0 Å². The molecule has 0 unspecified atom stereocenters. The number of nitrogens with zero attached hydrogens (tertiary/aromatic N) is 1. The highest BCUT2D eigenvalue weighted by atomic mass is 35.5. The van der Waals surface area contributed by atoms with Crippen LogP contribution in [-0.2, 0) is 23.5 Å². The predicted octanol–water partition coefficient (Wildman–Crippen LogP) is 1.74. The Bertz CT molecular complexity index is 889. The smallest absolute Gasteiger partial charge is 0.268 e. The van der Waals surface area contributed by atoms with Gasteiger partial charge in [0.2, 0.25) is 10.0 Å². The molecule has 8 heteroatoms. The van der Waals surface area contributed by atoms with E-state index in [1.807, 2.05) is 12.1 Å². The Balaban J connectivity index is 1.83. The number of hydrogen-bond donors (Lipinski definition) is 2. The molecule has 1 aromatic carbocycles. The van der Waals surface area contributed by atoms with Gasteiger partial charge in [-0.2, -0.15) is 0 Å². The second kappa shape index (κ2) is 5.67. The maximum absolute atomic E-state index is 12.4. The summed E-state index contributed by atoms with van der Waals surface area (Å²) in [6, 6.07) is 6.79. The van der Waals surface area contributed by atoms with Gasteiger partial charge >= 0.3 is 0 Å². The lowest BCUT2D eigenvalue weighted by Crippen LogP contribution is -2.28. The van der Waals surface area contributed by atoms with Gasteiger partial charge in [0, 0.05) is 18.3 Å². The quantitative estimate of drug-likeness (QED) is 0.880. The lowest BCUT2D eigenvalue weighted by atomic mass is 10.1. The summed E-state index contributed by atoms with van der Waals surface area (Å²) in [6.07, 6.45) is 2.96. The predicted molar refractivity (Wildman–Crippen MR) is 86.8 cm³/mol. The summed E-state index contributed by atoms with van der Waals surface area (Å²) in [4.78, 5) is 12.4. The van der Waals surface area contributed by atoms with Crippen LogP contribution >= 0.6 is 11.6 Å². The maximum Gasteiger partial charge on any atom is 0.268 e. The molecule has 1 aliphatic carbocycles. The summed E-state index contributed by atoms with van der Waals surface area (Å²) in [5.41, 5.74) is 2.42. The summed E-state index contributed by atoms with van der Waals surface area (Å²) in [5, 5.41) is 8.71. The van der Waals surface area contributed by atoms with E-state index in [9.17, 15) is 13.2 Å². The molecule has 1 aliphatic rings. The zero-order chi connectivity index (χ0) is 16.8. The standard InChI is InChI=1S/C15H16ClN3O3S/c1-19-8-11(23(17,21)22)7-14(19)15(20)18-13-5-2-9-6-10(16)3-4-12(9)13/h3-4,6-8,13H,2,5H2,1H3,(H,18,20)(H2,17,21,22)/t13-/m1/s1. The maximum atomic E-state index is 12.4. The molecule has 1 aromatic heterocycles. The average molecular weight is 354 g/mol. The van der Waals surface area contributed by atoms with E-state index in [0.717, 1.165) is 24.0 Å². The van der Waals surface area contributed by atoms with Gasteiger partial charge in [0.1, 0.15) is 10.6 Å². The number of halogens is 1. The molecule has 0 fully saturated rings. The van der Waals surface area contributed by atoms with Crippen molar-refractivity contribution in [2.45, 2.75) is 23.8 Å². The van der Waals surface area contributed by atoms with E-state index in [1.54, 1.807) is 13.1 Å². The molecule has 0 saturated carbocycles. The van der Waals surface area contributed by atoms with Gasteiger partial charge in [-0.25, -0.2) is 13.6 Å². The van der Waals surface area contributed by atoms with Crippen molar-refractivity contribution in [3.8, 4) is 0 Å². The first-order valence-corrected chi connectivity index (χ1v) is 8.96. The number of nitrogens with one attached hydrogen (secondary N) is 1. The molecule has 1 amide bonds. The first kappa shape index (κ1) is 16.0. The molecule has 0 radical (unpaired) electrons. The Hall–Kier alpha value is -1.83. The molecule has 0 aliphatic heterocycles. The zero-order valence-corrected chi connectivity index (χ0v) is 14.0. The highest BCUT2D eigenvalue weighted by molar-refractivity contribution is 7.89. The van der Waals surface area contributed by atoms with Gasteiger partial charge < -0.3 is 9.88 Å². The molecule has 3 N–H and O–H groups in total. The van der Waals surface area contributed by atoms with Gasteiger partial charge in [0.05, 0.1) is 6.04 Å². The molecule has 0 spiro atoms. The fourth-order valence-electron chi connectivity index (χ4n) is 2.88. The molecule has 1 atom stereocenters. The van der Waals surface area contributed by atoms with Crippen molar-refractivity contribution in [2.75, 3.05) is 0 Å². The second-order valence-electron chi connectivity index (χ2n) is 5.62. The summed E-state index contributed by atoms with van der Waals surface area (Å²) in [7, 11) is -2.23. The summed E-state index contributed by atoms with van der Waals surface area (Å²) in [5.74, 6) is -0.338. The molecule has 0 bridgehead atoms. The number of nitrogens with two attached hydrogens (primary N) is 1. The third-order valence-electron chi connectivity index (χ3n) is 4.03. The Morgan fingerprint density at radius 3 is 2.78 bits per heavy atom. The number of fused-ring (bicyclic) bond motifs is 1. The van der Waals surface area contributed by atoms with E-state index in [2.05, 4.69) is 5.32 Å². The van der Waals surface area contributed by atoms with E-state index < -0.39 is 10.0 Å². The van der Waals surface area contributed by atoms with Crippen molar-refractivity contribution >= 4 is 27.5 Å². The molecular formula is C15H16ClN3O3S. The van der Waals surface area contributed by atoms with Crippen LogP contribution in [-0.4, -0.2) is 18.9 Å². The van der Waals surface area contributed by atoms with E-state index >= 15 is 0 Å². The number of hydrogen-bond acceptors (Lipinski definition) is 3. The van der Waals surface area contributed by atoms with Crippen LogP contribution in [0.4, 0.5) is 0 Å². The number of primary sulfonamides is 1. The Labute approximate surface area is 139 Å². The van der Waals surface area contributed by atoms with Gasteiger partial charge in [-0.3, -0.25) is 4.79 Å². The largest absolute Gasteiger partial charge is 0.345 e. The van der Waals surface area contributed by atoms with Crippen molar-refractivity contribution in [2.24, 2.45) is 12.2 Å². The Kier molecular flexibility index (Phi) is 3.95. The molecule has 3 rings (SSSR count). The number of benzene rings is 1. The molecule has 1 heterocycles. The van der Waals surface area contributed by atoms with Crippen LogP contribution in [0.2, 0.25) is 5.02 Å². The minimum atomic E-state index is -3.83. The molecule has 122 valence electrons. The van der Waals surface area contributed by atoms with Gasteiger partial charge in [0.25, 0.3) is 5.91 Å². The number of amides is 1. The summed E-state index contributed by atoms with van der Waals surface area (Å²) >= 11 is 5.98. The van der Waals surface area contributed by atoms with Crippen molar-refractivity contribution in [3.05, 3.63) is 52.3 Å². The van der Waals surface area contributed by atoms with Crippen molar-refractivity contribution in [3.63, 3.8) is 0 Å². The average Bonchev–Trinajstić information content (AvgIpc) is 3.02. The third kappa shape index (κ3) is 3.12. The number of rotatable bonds is 3. The van der Waals surface area contributed by atoms with Gasteiger partial charge in [-0.1, -0.05) is 17.7 Å². The van der Waals surface area contributed by atoms with Crippen molar-refractivity contribution < 1.29 is 13.2 Å². The summed E-state index contributed by atoms with van der Waals surface area (Å²) < 4.78 is 24.2. The van der Waals surface area contributed by atoms with Crippen molar-refractivity contribution in [1.82, 2.24) is 9.88 Å². The molecule has 23 heavy (non-hydrogen) atoms. The van der Waals surface area contributed by atoms with Gasteiger partial charge in [-0.15, -0.1) is 0 Å². The highest BCUT2D eigenvalue weighted by Gasteiger charge is 2.26. The van der Waals surface area contributed by atoms with Crippen LogP contribution in [0.1, 0.15) is 34.1 Å². The van der Waals surface area contributed by atoms with E-state index in [4.69, 9.17) is 16.7 Å². The van der Waals surface area contributed by atoms with Crippen LogP contribution in [0, 0.1) is 0 Å². The van der Waals surface area contributed by atoms with Gasteiger partial charge in [0.15, 0.2) is 0 Å². The number of carbonyl (C=O) groups is 1. The number of aryl methyl sites for hydroxylation is 2. The second-order valence-corrected chi connectivity index (χ2v) is 7.62. The number of sulfonamides is 1. The lowest BCUT2D eigenvalue weighted by Gasteiger charge is -2.14. The zero-order valence-electron chi connectivity index (χ0n) is 12.4. The minimum Gasteiger partial charge on any atom is -0.345 e. The van der Waals surface area contributed by atoms with E-state index in [0.29, 0.717) is 5.02 Å². The van der Waals surface area contributed by atoms with Crippen LogP contribution in [0.5, 0.6) is 0 Å². The van der Waals surface area contributed by atoms with Crippen molar-refractivity contribution in [1.29, 1.82) is 0 Å². The number of aromatic nitrogens is 1. The fourth-order valence-corrected chi connectivity index (χ4v) is 3.66. The highest BCUT2D eigenvalue weighted by Crippen LogP contribution is 2.33. The van der Waals surface area contributed by atoms with Crippen LogP contribution in [0.3, 0.4) is 0 Å². The number of carbonyl (C=O) groups excluding carboxylic acids is 1. The first-order chi connectivity index (χ1) is 10.8. The van der Waals surface area contributed by atoms with E-state index in [1.165, 1.54) is 16.8 Å². The third-order valence-corrected chi connectivity index (χ3v) is 5.14. The van der Waals surface area contributed by atoms with E-state index in [-0.39, 0.29) is 22.5 Å². The normalized spacial score (nSPS) is 17.1. The lowest BCUT2D eigenvalue weighted by molar-refractivity contribution is 0.0928.